The second-order valence-corrected chi connectivity index (χ2v) is 4.80. The van der Waals surface area contributed by atoms with Gasteiger partial charge in [0.25, 0.3) is 0 Å². The maximum Gasteiger partial charge on any atom is 0.119 e. The largest absolute Gasteiger partial charge is 0.494 e. The molecule has 1 aromatic rings. The van der Waals surface area contributed by atoms with Gasteiger partial charge in [-0.3, -0.25) is 4.90 Å². The van der Waals surface area contributed by atoms with E-state index in [1.807, 2.05) is 6.92 Å². The van der Waals surface area contributed by atoms with Crippen LogP contribution in [0.15, 0.2) is 24.3 Å². The Labute approximate surface area is 112 Å². The van der Waals surface area contributed by atoms with Gasteiger partial charge in [0.05, 0.1) is 6.61 Å². The van der Waals surface area contributed by atoms with Gasteiger partial charge >= 0.3 is 0 Å². The lowest BCUT2D eigenvalue weighted by atomic mass is 10.1. The molecule has 18 heavy (non-hydrogen) atoms. The van der Waals surface area contributed by atoms with E-state index in [0.717, 1.165) is 18.9 Å². The minimum Gasteiger partial charge on any atom is -0.494 e. The molecule has 0 radical (unpaired) electrons. The fourth-order valence-electron chi connectivity index (χ4n) is 2.09. The molecular formula is C16H27NO. The zero-order valence-corrected chi connectivity index (χ0v) is 12.3. The molecule has 0 amide bonds. The summed E-state index contributed by atoms with van der Waals surface area (Å²) in [5, 5.41) is 0. The lowest BCUT2D eigenvalue weighted by molar-refractivity contribution is 0.195. The molecule has 1 aromatic carbocycles. The average molecular weight is 249 g/mol. The fraction of sp³-hybridized carbons (Fsp3) is 0.625. The van der Waals surface area contributed by atoms with Crippen molar-refractivity contribution in [1.82, 2.24) is 4.90 Å². The van der Waals surface area contributed by atoms with Crippen molar-refractivity contribution in [3.8, 4) is 5.75 Å². The molecule has 0 aliphatic heterocycles. The van der Waals surface area contributed by atoms with Gasteiger partial charge in [-0.1, -0.05) is 26.0 Å². The SMILES string of the molecule is CCCN(Cc1ccc(OCC)cc1)[C@@H](C)CC. The van der Waals surface area contributed by atoms with Crippen LogP contribution in [0.5, 0.6) is 5.75 Å². The minimum atomic E-state index is 0.650. The first-order chi connectivity index (χ1) is 8.71. The summed E-state index contributed by atoms with van der Waals surface area (Å²) >= 11 is 0. The monoisotopic (exact) mass is 249 g/mol. The topological polar surface area (TPSA) is 12.5 Å². The first-order valence-corrected chi connectivity index (χ1v) is 7.17. The Kier molecular flexibility index (Phi) is 6.81. The summed E-state index contributed by atoms with van der Waals surface area (Å²) in [6.07, 6.45) is 2.42. The highest BCUT2D eigenvalue weighted by atomic mass is 16.5. The van der Waals surface area contributed by atoms with E-state index in [4.69, 9.17) is 4.74 Å². The van der Waals surface area contributed by atoms with E-state index in [9.17, 15) is 0 Å². The van der Waals surface area contributed by atoms with Crippen molar-refractivity contribution in [2.75, 3.05) is 13.2 Å². The third-order valence-electron chi connectivity index (χ3n) is 3.35. The molecule has 0 N–H and O–H groups in total. The van der Waals surface area contributed by atoms with Crippen LogP contribution in [0.4, 0.5) is 0 Å². The minimum absolute atomic E-state index is 0.650. The van der Waals surface area contributed by atoms with Crippen LogP contribution in [0.2, 0.25) is 0 Å². The Morgan fingerprint density at radius 1 is 1.11 bits per heavy atom. The molecular weight excluding hydrogens is 222 g/mol. The number of ether oxygens (including phenoxy) is 1. The molecule has 0 unspecified atom stereocenters. The Hall–Kier alpha value is -1.02. The third-order valence-corrected chi connectivity index (χ3v) is 3.35. The van der Waals surface area contributed by atoms with Crippen molar-refractivity contribution in [3.63, 3.8) is 0 Å². The third kappa shape index (κ3) is 4.69. The maximum absolute atomic E-state index is 5.47. The van der Waals surface area contributed by atoms with Crippen molar-refractivity contribution < 1.29 is 4.74 Å². The Balaban J connectivity index is 2.62. The van der Waals surface area contributed by atoms with Gasteiger partial charge in [-0.25, -0.2) is 0 Å². The summed E-state index contributed by atoms with van der Waals surface area (Å²) < 4.78 is 5.47. The van der Waals surface area contributed by atoms with Crippen LogP contribution in [0.3, 0.4) is 0 Å². The molecule has 0 aromatic heterocycles. The summed E-state index contributed by atoms with van der Waals surface area (Å²) in [6, 6.07) is 9.14. The second kappa shape index (κ2) is 8.15. The van der Waals surface area contributed by atoms with Crippen LogP contribution >= 0.6 is 0 Å². The number of benzene rings is 1. The predicted molar refractivity (Wildman–Crippen MR) is 78.1 cm³/mol. The van der Waals surface area contributed by atoms with Gasteiger partial charge in [0, 0.05) is 12.6 Å². The highest BCUT2D eigenvalue weighted by molar-refractivity contribution is 5.27. The zero-order chi connectivity index (χ0) is 13.4. The van der Waals surface area contributed by atoms with Gasteiger partial charge in [-0.2, -0.15) is 0 Å². The molecule has 0 spiro atoms. The van der Waals surface area contributed by atoms with E-state index in [2.05, 4.69) is 49.9 Å². The summed E-state index contributed by atoms with van der Waals surface area (Å²) in [5.41, 5.74) is 1.37. The van der Waals surface area contributed by atoms with Crippen LogP contribution in [0.1, 0.15) is 46.1 Å². The van der Waals surface area contributed by atoms with Crippen LogP contribution < -0.4 is 4.74 Å². The average Bonchev–Trinajstić information content (AvgIpc) is 2.40. The predicted octanol–water partition coefficient (Wildman–Crippen LogP) is 4.10. The highest BCUT2D eigenvalue weighted by Crippen LogP contribution is 2.15. The first kappa shape index (κ1) is 15.0. The van der Waals surface area contributed by atoms with E-state index < -0.39 is 0 Å². The van der Waals surface area contributed by atoms with Crippen molar-refractivity contribution in [2.45, 2.75) is 53.1 Å². The van der Waals surface area contributed by atoms with Gasteiger partial charge in [0.1, 0.15) is 5.75 Å². The molecule has 0 heterocycles. The molecule has 2 heteroatoms. The Morgan fingerprint density at radius 2 is 1.78 bits per heavy atom. The molecule has 0 fully saturated rings. The van der Waals surface area contributed by atoms with Crippen LogP contribution in [-0.4, -0.2) is 24.1 Å². The van der Waals surface area contributed by atoms with Crippen molar-refractivity contribution in [3.05, 3.63) is 29.8 Å². The highest BCUT2D eigenvalue weighted by Gasteiger charge is 2.11. The van der Waals surface area contributed by atoms with Gasteiger partial charge < -0.3 is 4.74 Å². The van der Waals surface area contributed by atoms with Gasteiger partial charge in [0.15, 0.2) is 0 Å². The Morgan fingerprint density at radius 3 is 2.28 bits per heavy atom. The lowest BCUT2D eigenvalue weighted by Crippen LogP contribution is -2.32. The molecule has 0 saturated heterocycles. The summed E-state index contributed by atoms with van der Waals surface area (Å²) in [5.74, 6) is 0.965. The van der Waals surface area contributed by atoms with Gasteiger partial charge in [0.2, 0.25) is 0 Å². The molecule has 0 aliphatic carbocycles. The fourth-order valence-corrected chi connectivity index (χ4v) is 2.09. The maximum atomic E-state index is 5.47. The summed E-state index contributed by atoms with van der Waals surface area (Å²) in [7, 11) is 0. The summed E-state index contributed by atoms with van der Waals surface area (Å²) in [6.45, 7) is 11.8. The van der Waals surface area contributed by atoms with E-state index in [1.54, 1.807) is 0 Å². The number of rotatable bonds is 8. The molecule has 0 saturated carbocycles. The van der Waals surface area contributed by atoms with Crippen molar-refractivity contribution in [2.24, 2.45) is 0 Å². The molecule has 0 bridgehead atoms. The van der Waals surface area contributed by atoms with E-state index >= 15 is 0 Å². The number of hydrogen-bond acceptors (Lipinski definition) is 2. The van der Waals surface area contributed by atoms with E-state index in [-0.39, 0.29) is 0 Å². The quantitative estimate of drug-likeness (QED) is 0.688. The van der Waals surface area contributed by atoms with Gasteiger partial charge in [-0.15, -0.1) is 0 Å². The van der Waals surface area contributed by atoms with Crippen molar-refractivity contribution >= 4 is 0 Å². The molecule has 1 rings (SSSR count). The lowest BCUT2D eigenvalue weighted by Gasteiger charge is -2.28. The van der Waals surface area contributed by atoms with E-state index in [0.29, 0.717) is 6.04 Å². The first-order valence-electron chi connectivity index (χ1n) is 7.17. The Bertz CT molecular complexity index is 320. The standard InChI is InChI=1S/C16H27NO/c1-5-12-17(14(4)6-2)13-15-8-10-16(11-9-15)18-7-3/h8-11,14H,5-7,12-13H2,1-4H3/t14-/m0/s1. The normalized spacial score (nSPS) is 12.7. The summed E-state index contributed by atoms with van der Waals surface area (Å²) in [4.78, 5) is 2.55. The zero-order valence-electron chi connectivity index (χ0n) is 12.3. The van der Waals surface area contributed by atoms with Crippen LogP contribution in [0.25, 0.3) is 0 Å². The second-order valence-electron chi connectivity index (χ2n) is 4.80. The van der Waals surface area contributed by atoms with Crippen LogP contribution in [-0.2, 0) is 6.54 Å². The van der Waals surface area contributed by atoms with Gasteiger partial charge in [-0.05, 0) is 50.9 Å². The molecule has 2 nitrogen and oxygen atoms in total. The van der Waals surface area contributed by atoms with Crippen LogP contribution in [0, 0.1) is 0 Å². The van der Waals surface area contributed by atoms with Crippen molar-refractivity contribution in [1.29, 1.82) is 0 Å². The number of nitrogens with zero attached hydrogens (tertiary/aromatic N) is 1. The molecule has 102 valence electrons. The molecule has 0 aliphatic rings. The smallest absolute Gasteiger partial charge is 0.119 e. The number of hydrogen-bond donors (Lipinski definition) is 0. The molecule has 1 atom stereocenters. The van der Waals surface area contributed by atoms with E-state index in [1.165, 1.54) is 24.9 Å².